The minimum absolute atomic E-state index is 0.0177. The number of hydrogen-bond donors (Lipinski definition) is 2. The van der Waals surface area contributed by atoms with Crippen molar-refractivity contribution in [2.75, 3.05) is 5.75 Å². The van der Waals surface area contributed by atoms with Crippen molar-refractivity contribution >= 4 is 39.6 Å². The lowest BCUT2D eigenvalue weighted by molar-refractivity contribution is -0.140. The molecule has 0 spiro atoms. The van der Waals surface area contributed by atoms with Gasteiger partial charge >= 0.3 is 5.97 Å². The Labute approximate surface area is 127 Å². The van der Waals surface area contributed by atoms with Crippen molar-refractivity contribution in [1.82, 2.24) is 5.32 Å². The Morgan fingerprint density at radius 1 is 1.40 bits per heavy atom. The van der Waals surface area contributed by atoms with Crippen LogP contribution in [0, 0.1) is 11.6 Å². The maximum Gasteiger partial charge on any atom is 0.327 e. The Kier molecular flexibility index (Phi) is 6.41. The lowest BCUT2D eigenvalue weighted by atomic mass is 10.2. The highest BCUT2D eigenvalue weighted by Gasteiger charge is 2.19. The first kappa shape index (κ1) is 16.9. The van der Waals surface area contributed by atoms with Crippen molar-refractivity contribution in [2.45, 2.75) is 18.7 Å². The Hall–Kier alpha value is -1.15. The number of carboxylic acids is 1. The van der Waals surface area contributed by atoms with Gasteiger partial charge in [0.05, 0.1) is 0 Å². The van der Waals surface area contributed by atoms with E-state index in [-0.39, 0.29) is 17.1 Å². The molecule has 1 aromatic carbocycles. The van der Waals surface area contributed by atoms with Crippen LogP contribution in [0.3, 0.4) is 0 Å². The van der Waals surface area contributed by atoms with Gasteiger partial charge in [0.1, 0.15) is 17.7 Å². The lowest BCUT2D eigenvalue weighted by Gasteiger charge is -2.13. The highest BCUT2D eigenvalue weighted by molar-refractivity contribution is 9.10. The molecule has 1 amide bonds. The molecule has 2 N–H and O–H groups in total. The lowest BCUT2D eigenvalue weighted by Crippen LogP contribution is -2.41. The van der Waals surface area contributed by atoms with Gasteiger partial charge in [-0.3, -0.25) is 4.79 Å². The molecule has 0 aromatic heterocycles. The van der Waals surface area contributed by atoms with E-state index in [0.717, 1.165) is 23.9 Å². The molecule has 0 radical (unpaired) electrons. The molecule has 0 bridgehead atoms. The number of carbonyl (C=O) groups excluding carboxylic acids is 1. The first-order valence-corrected chi connectivity index (χ1v) is 7.47. The van der Waals surface area contributed by atoms with Gasteiger partial charge in [-0.15, -0.1) is 0 Å². The van der Waals surface area contributed by atoms with Crippen LogP contribution in [0.15, 0.2) is 16.6 Å². The van der Waals surface area contributed by atoms with Crippen LogP contribution in [0.2, 0.25) is 0 Å². The molecule has 0 aliphatic carbocycles. The first-order chi connectivity index (χ1) is 9.31. The average Bonchev–Trinajstić information content (AvgIpc) is 2.30. The average molecular weight is 368 g/mol. The number of rotatable bonds is 6. The number of benzene rings is 1. The van der Waals surface area contributed by atoms with Crippen LogP contribution < -0.4 is 5.32 Å². The Balaban J connectivity index is 2.63. The van der Waals surface area contributed by atoms with Crippen LogP contribution in [-0.4, -0.2) is 28.8 Å². The molecule has 20 heavy (non-hydrogen) atoms. The van der Waals surface area contributed by atoms with E-state index in [1.807, 2.05) is 0 Å². The van der Waals surface area contributed by atoms with Gasteiger partial charge in [-0.2, -0.15) is 11.8 Å². The topological polar surface area (TPSA) is 66.4 Å². The monoisotopic (exact) mass is 367 g/mol. The van der Waals surface area contributed by atoms with E-state index in [2.05, 4.69) is 21.2 Å². The zero-order valence-electron chi connectivity index (χ0n) is 10.5. The maximum atomic E-state index is 13.5. The normalized spacial score (nSPS) is 12.0. The van der Waals surface area contributed by atoms with Crippen LogP contribution in [0.1, 0.15) is 12.5 Å². The van der Waals surface area contributed by atoms with E-state index in [4.69, 9.17) is 5.11 Å². The van der Waals surface area contributed by atoms with E-state index in [1.54, 1.807) is 0 Å². The van der Waals surface area contributed by atoms with Crippen molar-refractivity contribution in [3.8, 4) is 0 Å². The summed E-state index contributed by atoms with van der Waals surface area (Å²) in [5.74, 6) is -3.06. The number of carbonyl (C=O) groups is 2. The van der Waals surface area contributed by atoms with Gasteiger partial charge in [0.2, 0.25) is 5.91 Å². The third-order valence-corrected chi connectivity index (χ3v) is 3.83. The second-order valence-electron chi connectivity index (χ2n) is 3.95. The molecule has 0 heterocycles. The fourth-order valence-electron chi connectivity index (χ4n) is 1.41. The van der Waals surface area contributed by atoms with E-state index < -0.39 is 29.6 Å². The molecule has 110 valence electrons. The fourth-order valence-corrected chi connectivity index (χ4v) is 2.87. The largest absolute Gasteiger partial charge is 0.480 e. The van der Waals surface area contributed by atoms with Crippen molar-refractivity contribution in [1.29, 1.82) is 0 Å². The smallest absolute Gasteiger partial charge is 0.327 e. The first-order valence-electron chi connectivity index (χ1n) is 5.52. The number of halogens is 3. The highest BCUT2D eigenvalue weighted by Crippen LogP contribution is 2.23. The number of nitrogens with one attached hydrogen (secondary N) is 1. The van der Waals surface area contributed by atoms with E-state index in [9.17, 15) is 18.4 Å². The third-order valence-electron chi connectivity index (χ3n) is 2.31. The van der Waals surface area contributed by atoms with Gasteiger partial charge in [0.25, 0.3) is 0 Å². The number of aliphatic carboxylic acids is 1. The summed E-state index contributed by atoms with van der Waals surface area (Å²) < 4.78 is 27.4. The van der Waals surface area contributed by atoms with Crippen molar-refractivity contribution < 1.29 is 23.5 Å². The number of hydrogen-bond acceptors (Lipinski definition) is 3. The molecule has 8 heteroatoms. The number of carboxylic acid groups (broad SMARTS) is 1. The van der Waals surface area contributed by atoms with Crippen molar-refractivity contribution in [3.05, 3.63) is 33.8 Å². The molecular formula is C12H12BrF2NO3S. The molecule has 1 rings (SSSR count). The minimum Gasteiger partial charge on any atom is -0.480 e. The summed E-state index contributed by atoms with van der Waals surface area (Å²) in [6.45, 7) is 1.20. The maximum absolute atomic E-state index is 13.5. The van der Waals surface area contributed by atoms with Crippen molar-refractivity contribution in [3.63, 3.8) is 0 Å². The molecule has 0 aliphatic heterocycles. The molecule has 1 aromatic rings. The second kappa shape index (κ2) is 7.58. The fraction of sp³-hybridized carbons (Fsp3) is 0.333. The van der Waals surface area contributed by atoms with Crippen LogP contribution in [0.25, 0.3) is 0 Å². The number of amides is 1. The minimum atomic E-state index is -1.19. The van der Waals surface area contributed by atoms with Gasteiger partial charge in [-0.1, -0.05) is 15.9 Å². The number of thioether (sulfide) groups is 1. The summed E-state index contributed by atoms with van der Waals surface area (Å²) in [5, 5.41) is 11.1. The molecule has 0 saturated carbocycles. The van der Waals surface area contributed by atoms with Crippen LogP contribution in [0.4, 0.5) is 8.78 Å². The van der Waals surface area contributed by atoms with Crippen LogP contribution in [0.5, 0.6) is 0 Å². The summed E-state index contributed by atoms with van der Waals surface area (Å²) in [7, 11) is 0. The summed E-state index contributed by atoms with van der Waals surface area (Å²) in [6.07, 6.45) is 0. The molecule has 4 nitrogen and oxygen atoms in total. The Morgan fingerprint density at radius 3 is 2.40 bits per heavy atom. The highest BCUT2D eigenvalue weighted by atomic mass is 79.9. The van der Waals surface area contributed by atoms with Gasteiger partial charge in [0.15, 0.2) is 0 Å². The van der Waals surface area contributed by atoms with Gasteiger partial charge in [-0.25, -0.2) is 13.6 Å². The Morgan fingerprint density at radius 2 is 1.95 bits per heavy atom. The van der Waals surface area contributed by atoms with E-state index in [1.165, 1.54) is 6.92 Å². The molecule has 0 fully saturated rings. The van der Waals surface area contributed by atoms with Crippen LogP contribution in [-0.2, 0) is 15.3 Å². The molecule has 0 saturated heterocycles. The summed E-state index contributed by atoms with van der Waals surface area (Å²) in [5.41, 5.74) is -0.120. The van der Waals surface area contributed by atoms with Crippen molar-refractivity contribution in [2.24, 2.45) is 0 Å². The van der Waals surface area contributed by atoms with E-state index in [0.29, 0.717) is 4.47 Å². The Bertz CT molecular complexity index is 504. The third kappa shape index (κ3) is 5.09. The predicted molar refractivity (Wildman–Crippen MR) is 75.5 cm³/mol. The zero-order valence-corrected chi connectivity index (χ0v) is 12.9. The molecular weight excluding hydrogens is 356 g/mol. The van der Waals surface area contributed by atoms with Crippen LogP contribution >= 0.6 is 27.7 Å². The summed E-state index contributed by atoms with van der Waals surface area (Å²) in [4.78, 5) is 21.7. The molecule has 0 aliphatic rings. The second-order valence-corrected chi connectivity index (χ2v) is 5.90. The van der Waals surface area contributed by atoms with E-state index >= 15 is 0 Å². The zero-order chi connectivity index (χ0) is 15.3. The van der Waals surface area contributed by atoms with Gasteiger partial charge in [-0.05, 0) is 12.1 Å². The molecule has 1 atom stereocenters. The molecule has 1 unspecified atom stereocenters. The van der Waals surface area contributed by atoms with Gasteiger partial charge < -0.3 is 10.4 Å². The standard InChI is InChI=1S/C12H12BrF2NO3S/c1-6(17)16-11(12(18)19)5-20-4-8-9(14)2-7(13)3-10(8)15/h2-3,11H,4-5H2,1H3,(H,16,17)(H,18,19). The SMILES string of the molecule is CC(=O)NC(CSCc1c(F)cc(Br)cc1F)C(=O)O. The van der Waals surface area contributed by atoms with Gasteiger partial charge in [0, 0.05) is 28.5 Å². The summed E-state index contributed by atoms with van der Waals surface area (Å²) in [6, 6.07) is 1.20. The summed E-state index contributed by atoms with van der Waals surface area (Å²) >= 11 is 4.00. The predicted octanol–water partition coefficient (Wildman–Crippen LogP) is 2.55. The quantitative estimate of drug-likeness (QED) is 0.810.